The molecule has 4 heterocycles. The van der Waals surface area contributed by atoms with Crippen LogP contribution in [-0.4, -0.2) is 47.3 Å². The van der Waals surface area contributed by atoms with E-state index in [1.54, 1.807) is 176 Å². The van der Waals surface area contributed by atoms with Crippen LogP contribution >= 0.6 is 23.2 Å². The lowest BCUT2D eigenvalue weighted by Crippen LogP contribution is -2.29. The zero-order valence-corrected chi connectivity index (χ0v) is 38.5. The fourth-order valence-electron chi connectivity index (χ4n) is 8.70. The molecule has 8 aromatic carbocycles. The fourth-order valence-corrected chi connectivity index (χ4v) is 9.13. The zero-order valence-electron chi connectivity index (χ0n) is 36.9. The van der Waals surface area contributed by atoms with Crippen LogP contribution in [0.5, 0.6) is 23.0 Å². The first-order valence-electron chi connectivity index (χ1n) is 21.9. The Hall–Kier alpha value is -9.50. The third-order valence-electron chi connectivity index (χ3n) is 12.2. The normalized spacial score (nSPS) is 14.4. The molecule has 0 saturated carbocycles. The summed E-state index contributed by atoms with van der Waals surface area (Å²) < 4.78 is 11.7. The van der Waals surface area contributed by atoms with E-state index in [1.165, 1.54) is 6.07 Å². The molecule has 0 fully saturated rings. The average Bonchev–Trinajstić information content (AvgIpc) is 4.01. The first-order chi connectivity index (χ1) is 34.9. The summed E-state index contributed by atoms with van der Waals surface area (Å²) in [4.78, 5) is 106. The number of hydrogen-bond donors (Lipinski definition) is 0. The quantitative estimate of drug-likeness (QED) is 0.134. The van der Waals surface area contributed by atoms with Crippen LogP contribution in [0.3, 0.4) is 0 Å². The van der Waals surface area contributed by atoms with Gasteiger partial charge < -0.3 is 9.47 Å². The number of benzene rings is 8. The number of halogens is 2. The molecule has 14 nitrogen and oxygen atoms in total. The summed E-state index contributed by atoms with van der Waals surface area (Å²) in [6, 6.07) is 49.0. The van der Waals surface area contributed by atoms with Crippen molar-refractivity contribution in [2.75, 3.05) is 19.6 Å². The lowest BCUT2D eigenvalue weighted by molar-refractivity contribution is 0.0910. The average molecular weight is 990 g/mol. The molecule has 0 bridgehead atoms. The van der Waals surface area contributed by atoms with Gasteiger partial charge in [0, 0.05) is 5.02 Å². The number of carbonyl (C=O) groups excluding carboxylic acids is 8. The predicted octanol–water partition coefficient (Wildman–Crippen LogP) is 11.5. The molecule has 0 atom stereocenters. The van der Waals surface area contributed by atoms with Crippen molar-refractivity contribution in [3.63, 3.8) is 0 Å². The smallest absolute Gasteiger partial charge is 0.267 e. The van der Waals surface area contributed by atoms with Gasteiger partial charge >= 0.3 is 0 Å². The maximum Gasteiger partial charge on any atom is 0.267 e. The van der Waals surface area contributed by atoms with Crippen LogP contribution in [0.4, 0.5) is 22.7 Å². The Labute approximate surface area is 418 Å². The van der Waals surface area contributed by atoms with Crippen molar-refractivity contribution >= 4 is 93.2 Å². The summed E-state index contributed by atoms with van der Waals surface area (Å²) in [6.07, 6.45) is 0. The predicted molar refractivity (Wildman–Crippen MR) is 266 cm³/mol. The van der Waals surface area contributed by atoms with E-state index < -0.39 is 23.6 Å². The summed E-state index contributed by atoms with van der Waals surface area (Å²) in [7, 11) is 0. The molecule has 0 aliphatic carbocycles. The largest absolute Gasteiger partial charge is 0.457 e. The Kier molecular flexibility index (Phi) is 11.1. The minimum absolute atomic E-state index is 0.197. The van der Waals surface area contributed by atoms with E-state index in [0.717, 1.165) is 19.6 Å². The number of imide groups is 4. The van der Waals surface area contributed by atoms with Crippen molar-refractivity contribution < 1.29 is 47.8 Å². The molecule has 0 aromatic heterocycles. The molecule has 8 amide bonds. The van der Waals surface area contributed by atoms with Gasteiger partial charge in [0.2, 0.25) is 0 Å². The van der Waals surface area contributed by atoms with Gasteiger partial charge in [0.25, 0.3) is 47.3 Å². The van der Waals surface area contributed by atoms with Gasteiger partial charge in [-0.3, -0.25) is 38.4 Å². The number of nitrogens with zero attached hydrogens (tertiary/aromatic N) is 4. The highest BCUT2D eigenvalue weighted by atomic mass is 35.5. The van der Waals surface area contributed by atoms with Crippen LogP contribution in [0.25, 0.3) is 0 Å². The minimum Gasteiger partial charge on any atom is -0.457 e. The zero-order chi connectivity index (χ0) is 49.9. The molecule has 0 unspecified atom stereocenters. The molecule has 348 valence electrons. The maximum atomic E-state index is 12.8. The molecule has 16 heteroatoms. The molecule has 0 N–H and O–H groups in total. The van der Waals surface area contributed by atoms with Gasteiger partial charge in [-0.15, -0.1) is 0 Å². The Morgan fingerprint density at radius 2 is 0.569 bits per heavy atom. The van der Waals surface area contributed by atoms with Crippen molar-refractivity contribution in [2.24, 2.45) is 0 Å². The Bertz CT molecular complexity index is 3600. The standard InChI is InChI=1S/2C28H15ClN2O5/c29-23-7-3-6-22-24(23)28(35)31(27(22)34)17-10-14-19(15-11-17)36-18-12-8-16(9-13-18)30-25(32)20-4-1-2-5-21(20)26(30)33;29-16-5-14-23-24(15-16)28(35)31(27(23)34)18-8-12-20(13-9-18)36-19-10-6-17(7-11-19)30-25(32)21-3-1-2-4-22(21)26(30)33/h2*1-15H. The van der Waals surface area contributed by atoms with E-state index in [9.17, 15) is 38.4 Å². The van der Waals surface area contributed by atoms with Crippen LogP contribution in [0.2, 0.25) is 10.0 Å². The van der Waals surface area contributed by atoms with Crippen molar-refractivity contribution in [3.8, 4) is 23.0 Å². The lowest BCUT2D eigenvalue weighted by atomic mass is 10.1. The second-order valence-electron chi connectivity index (χ2n) is 16.4. The lowest BCUT2D eigenvalue weighted by Gasteiger charge is -2.16. The van der Waals surface area contributed by atoms with Crippen molar-refractivity contribution in [1.29, 1.82) is 0 Å². The van der Waals surface area contributed by atoms with E-state index >= 15 is 0 Å². The molecule has 12 rings (SSSR count). The van der Waals surface area contributed by atoms with Gasteiger partial charge in [0.15, 0.2) is 0 Å². The van der Waals surface area contributed by atoms with Crippen LogP contribution < -0.4 is 29.1 Å². The highest BCUT2D eigenvalue weighted by Gasteiger charge is 2.40. The van der Waals surface area contributed by atoms with E-state index in [0.29, 0.717) is 78.6 Å². The van der Waals surface area contributed by atoms with Crippen molar-refractivity contribution in [3.05, 3.63) is 237 Å². The van der Waals surface area contributed by atoms with Crippen LogP contribution in [0.1, 0.15) is 82.9 Å². The summed E-state index contributed by atoms with van der Waals surface area (Å²) in [5.41, 5.74) is 4.24. The molecule has 0 radical (unpaired) electrons. The SMILES string of the molecule is O=C1c2ccccc2C(=O)N1c1ccc(Oc2ccc(N3C(=O)c4ccc(Cl)cc4C3=O)cc2)cc1.O=C1c2ccccc2C(=O)N1c1ccc(Oc2ccc(N3C(=O)c4cccc(Cl)c4C3=O)cc2)cc1. The highest BCUT2D eigenvalue weighted by Crippen LogP contribution is 2.37. The first kappa shape index (κ1) is 45.0. The van der Waals surface area contributed by atoms with Gasteiger partial charge in [-0.1, -0.05) is 53.5 Å². The van der Waals surface area contributed by atoms with E-state index in [1.807, 2.05) is 0 Å². The first-order valence-corrected chi connectivity index (χ1v) is 22.7. The van der Waals surface area contributed by atoms with E-state index in [-0.39, 0.29) is 45.3 Å². The number of anilines is 4. The number of carbonyl (C=O) groups is 8. The van der Waals surface area contributed by atoms with E-state index in [2.05, 4.69) is 0 Å². The fraction of sp³-hybridized carbons (Fsp3) is 0. The minimum atomic E-state index is -0.474. The topological polar surface area (TPSA) is 168 Å². The highest BCUT2D eigenvalue weighted by molar-refractivity contribution is 6.42. The number of amides is 8. The van der Waals surface area contributed by atoms with Crippen LogP contribution in [0.15, 0.2) is 182 Å². The summed E-state index contributed by atoms with van der Waals surface area (Å²) in [5.74, 6) is -1.30. The Balaban J connectivity index is 0.000000156. The second-order valence-corrected chi connectivity index (χ2v) is 17.2. The summed E-state index contributed by atoms with van der Waals surface area (Å²) in [6.45, 7) is 0. The third kappa shape index (κ3) is 7.63. The third-order valence-corrected chi connectivity index (χ3v) is 12.7. The summed E-state index contributed by atoms with van der Waals surface area (Å²) in [5, 5.41) is 0.618. The molecule has 0 spiro atoms. The molecular formula is C56H30Cl2N4O10. The van der Waals surface area contributed by atoms with E-state index in [4.69, 9.17) is 32.7 Å². The molecule has 8 aromatic rings. The Morgan fingerprint density at radius 1 is 0.278 bits per heavy atom. The maximum absolute atomic E-state index is 12.8. The van der Waals surface area contributed by atoms with Crippen LogP contribution in [-0.2, 0) is 0 Å². The van der Waals surface area contributed by atoms with Crippen molar-refractivity contribution in [2.45, 2.75) is 0 Å². The monoisotopic (exact) mass is 988 g/mol. The Morgan fingerprint density at radius 3 is 0.917 bits per heavy atom. The van der Waals surface area contributed by atoms with Gasteiger partial charge in [0.1, 0.15) is 23.0 Å². The molecule has 4 aliphatic heterocycles. The van der Waals surface area contributed by atoms with Gasteiger partial charge in [-0.05, 0) is 152 Å². The number of hydrogen-bond acceptors (Lipinski definition) is 10. The molecule has 4 aliphatic rings. The second kappa shape index (κ2) is 17.8. The van der Waals surface area contributed by atoms with Gasteiger partial charge in [-0.25, -0.2) is 19.6 Å². The van der Waals surface area contributed by atoms with Crippen molar-refractivity contribution in [1.82, 2.24) is 0 Å². The van der Waals surface area contributed by atoms with Gasteiger partial charge in [0.05, 0.1) is 72.3 Å². The number of ether oxygens (including phenoxy) is 2. The number of fused-ring (bicyclic) bond motifs is 4. The van der Waals surface area contributed by atoms with Gasteiger partial charge in [-0.2, -0.15) is 0 Å². The molecular weight excluding hydrogens is 960 g/mol. The molecule has 0 saturated heterocycles. The molecule has 72 heavy (non-hydrogen) atoms. The summed E-state index contributed by atoms with van der Waals surface area (Å²) >= 11 is 12.1. The number of rotatable bonds is 8. The van der Waals surface area contributed by atoms with Crippen LogP contribution in [0, 0.1) is 0 Å².